The normalized spacial score (nSPS) is 11.6. The topological polar surface area (TPSA) is 16.1 Å². The Labute approximate surface area is 132 Å². The minimum atomic E-state index is 0.207. The van der Waals surface area contributed by atoms with Gasteiger partial charge in [0.2, 0.25) is 0 Å². The van der Waals surface area contributed by atoms with E-state index in [1.165, 1.54) is 23.1 Å². The summed E-state index contributed by atoms with van der Waals surface area (Å²) < 4.78 is 3.37. The molecule has 0 saturated heterocycles. The summed E-state index contributed by atoms with van der Waals surface area (Å²) in [6, 6.07) is 6.25. The van der Waals surface area contributed by atoms with E-state index in [4.69, 9.17) is 0 Å². The number of rotatable bonds is 3. The van der Waals surface area contributed by atoms with Crippen LogP contribution in [0.4, 0.5) is 0 Å². The van der Waals surface area contributed by atoms with E-state index in [1.54, 1.807) is 11.3 Å². The Hall–Kier alpha value is -0.580. The van der Waals surface area contributed by atoms with Gasteiger partial charge in [0.05, 0.1) is 15.7 Å². The van der Waals surface area contributed by atoms with Crippen LogP contribution in [0.25, 0.3) is 10.2 Å². The standard InChI is InChI=1S/C8H7NS.C8H19NS/c1-6-3-2-4-7-8(6)9-5-10-7;1-5-6-7-9(10)8(2,3)4/h2-5H,1H3;10H,5-7H2,1-4H3. The maximum atomic E-state index is 4.38. The Balaban J connectivity index is 0.000000200. The lowest BCUT2D eigenvalue weighted by Gasteiger charge is -2.30. The SMILES string of the molecule is CCCCN(S)C(C)(C)C.Cc1cccc2scnc12. The molecule has 20 heavy (non-hydrogen) atoms. The van der Waals surface area contributed by atoms with Gasteiger partial charge in [-0.3, -0.25) is 0 Å². The molecule has 0 radical (unpaired) electrons. The van der Waals surface area contributed by atoms with Gasteiger partial charge < -0.3 is 0 Å². The Morgan fingerprint density at radius 3 is 2.55 bits per heavy atom. The Bertz CT molecular complexity index is 514. The van der Waals surface area contributed by atoms with Crippen molar-refractivity contribution in [2.45, 2.75) is 53.0 Å². The first-order valence-corrected chi connectivity index (χ1v) is 8.39. The minimum absolute atomic E-state index is 0.207. The summed E-state index contributed by atoms with van der Waals surface area (Å²) in [6.07, 6.45) is 2.48. The fourth-order valence-corrected chi connectivity index (χ4v) is 2.57. The second-order valence-electron chi connectivity index (χ2n) is 5.92. The van der Waals surface area contributed by atoms with E-state index in [-0.39, 0.29) is 5.54 Å². The largest absolute Gasteiger partial charge is 0.248 e. The first-order chi connectivity index (χ1) is 9.36. The number of aromatic nitrogens is 1. The zero-order chi connectivity index (χ0) is 15.2. The van der Waals surface area contributed by atoms with Crippen LogP contribution < -0.4 is 0 Å². The van der Waals surface area contributed by atoms with Gasteiger partial charge in [-0.05, 0) is 45.7 Å². The number of aryl methyl sites for hydroxylation is 1. The molecule has 0 spiro atoms. The average molecular weight is 311 g/mol. The molecule has 2 aromatic rings. The fraction of sp³-hybridized carbons (Fsp3) is 0.562. The highest BCUT2D eigenvalue weighted by Gasteiger charge is 2.16. The van der Waals surface area contributed by atoms with Gasteiger partial charge in [-0.1, -0.05) is 38.3 Å². The van der Waals surface area contributed by atoms with Crippen LogP contribution in [0.3, 0.4) is 0 Å². The smallest absolute Gasteiger partial charge is 0.0841 e. The molecular formula is C16H26N2S2. The van der Waals surface area contributed by atoms with Gasteiger partial charge in [0, 0.05) is 12.1 Å². The molecule has 4 heteroatoms. The Morgan fingerprint density at radius 2 is 2.00 bits per heavy atom. The first-order valence-electron chi connectivity index (χ1n) is 7.11. The van der Waals surface area contributed by atoms with Crippen LogP contribution in [0.15, 0.2) is 23.7 Å². The summed E-state index contributed by atoms with van der Waals surface area (Å²) >= 11 is 6.07. The van der Waals surface area contributed by atoms with Crippen LogP contribution >= 0.6 is 24.2 Å². The van der Waals surface area contributed by atoms with E-state index < -0.39 is 0 Å². The molecule has 0 aliphatic carbocycles. The van der Waals surface area contributed by atoms with Crippen molar-refractivity contribution in [1.82, 2.24) is 9.29 Å². The summed E-state index contributed by atoms with van der Waals surface area (Å²) in [5.74, 6) is 0. The van der Waals surface area contributed by atoms with Gasteiger partial charge >= 0.3 is 0 Å². The number of unbranched alkanes of at least 4 members (excludes halogenated alkanes) is 1. The maximum absolute atomic E-state index is 4.38. The van der Waals surface area contributed by atoms with Crippen LogP contribution in [-0.2, 0) is 0 Å². The number of hydrogen-bond donors (Lipinski definition) is 1. The van der Waals surface area contributed by atoms with Crippen LogP contribution in [0, 0.1) is 6.92 Å². The molecule has 0 aliphatic heterocycles. The van der Waals surface area contributed by atoms with Crippen molar-refractivity contribution in [3.63, 3.8) is 0 Å². The van der Waals surface area contributed by atoms with E-state index in [9.17, 15) is 0 Å². The molecule has 0 unspecified atom stereocenters. The Morgan fingerprint density at radius 1 is 1.30 bits per heavy atom. The third kappa shape index (κ3) is 5.43. The maximum Gasteiger partial charge on any atom is 0.0841 e. The number of thiol groups is 1. The second-order valence-corrected chi connectivity index (χ2v) is 7.29. The highest BCUT2D eigenvalue weighted by atomic mass is 32.1. The predicted molar refractivity (Wildman–Crippen MR) is 94.7 cm³/mol. The van der Waals surface area contributed by atoms with Crippen LogP contribution in [-0.4, -0.2) is 21.4 Å². The van der Waals surface area contributed by atoms with Crippen molar-refractivity contribution in [2.75, 3.05) is 6.54 Å². The van der Waals surface area contributed by atoms with E-state index in [2.05, 4.69) is 74.9 Å². The third-order valence-corrected chi connectivity index (χ3v) is 4.65. The monoisotopic (exact) mass is 310 g/mol. The molecule has 1 aromatic carbocycles. The molecule has 0 saturated carbocycles. The van der Waals surface area contributed by atoms with Crippen molar-refractivity contribution in [2.24, 2.45) is 0 Å². The van der Waals surface area contributed by atoms with Crippen LogP contribution in [0.5, 0.6) is 0 Å². The summed E-state index contributed by atoms with van der Waals surface area (Å²) in [6.45, 7) is 11.9. The average Bonchev–Trinajstić information content (AvgIpc) is 2.85. The molecule has 0 amide bonds. The summed E-state index contributed by atoms with van der Waals surface area (Å²) in [5, 5.41) is 0. The van der Waals surface area contributed by atoms with Gasteiger partial charge in [-0.15, -0.1) is 11.3 Å². The van der Waals surface area contributed by atoms with Gasteiger partial charge in [-0.25, -0.2) is 9.29 Å². The number of para-hydroxylation sites is 1. The fourth-order valence-electron chi connectivity index (χ4n) is 1.67. The molecule has 0 N–H and O–H groups in total. The molecule has 0 aliphatic rings. The highest BCUT2D eigenvalue weighted by Crippen LogP contribution is 2.19. The van der Waals surface area contributed by atoms with Crippen molar-refractivity contribution in [3.8, 4) is 0 Å². The summed E-state index contributed by atoms with van der Waals surface area (Å²) in [7, 11) is 0. The van der Waals surface area contributed by atoms with Crippen LogP contribution in [0.1, 0.15) is 46.1 Å². The predicted octanol–water partition coefficient (Wildman–Crippen LogP) is 5.34. The van der Waals surface area contributed by atoms with Gasteiger partial charge in [0.1, 0.15) is 0 Å². The van der Waals surface area contributed by atoms with E-state index in [0.717, 1.165) is 12.1 Å². The number of benzene rings is 1. The van der Waals surface area contributed by atoms with Gasteiger partial charge in [0.25, 0.3) is 0 Å². The zero-order valence-corrected chi connectivity index (χ0v) is 14.9. The minimum Gasteiger partial charge on any atom is -0.248 e. The van der Waals surface area contributed by atoms with Gasteiger partial charge in [-0.2, -0.15) is 0 Å². The molecule has 0 bridgehead atoms. The Kier molecular flexibility index (Phi) is 7.00. The molecule has 2 nitrogen and oxygen atoms in total. The third-order valence-electron chi connectivity index (χ3n) is 3.06. The van der Waals surface area contributed by atoms with E-state index >= 15 is 0 Å². The number of hydrogen-bond acceptors (Lipinski definition) is 4. The number of thiazole rings is 1. The molecule has 0 fully saturated rings. The molecule has 0 atom stereocenters. The molecule has 112 valence electrons. The lowest BCUT2D eigenvalue weighted by molar-refractivity contribution is 0.274. The first kappa shape index (κ1) is 17.5. The number of fused-ring (bicyclic) bond motifs is 1. The van der Waals surface area contributed by atoms with Crippen molar-refractivity contribution >= 4 is 34.4 Å². The lowest BCUT2D eigenvalue weighted by Crippen LogP contribution is -2.34. The summed E-state index contributed by atoms with van der Waals surface area (Å²) in [5.41, 5.74) is 4.50. The molecular weight excluding hydrogens is 284 g/mol. The molecule has 1 aromatic heterocycles. The lowest BCUT2D eigenvalue weighted by atomic mass is 10.1. The molecule has 1 heterocycles. The summed E-state index contributed by atoms with van der Waals surface area (Å²) in [4.78, 5) is 4.24. The van der Waals surface area contributed by atoms with Gasteiger partial charge in [0.15, 0.2) is 0 Å². The number of nitrogens with zero attached hydrogens (tertiary/aromatic N) is 2. The second kappa shape index (κ2) is 8.01. The van der Waals surface area contributed by atoms with E-state index in [0.29, 0.717) is 0 Å². The highest BCUT2D eigenvalue weighted by molar-refractivity contribution is 7.77. The molecule has 2 rings (SSSR count). The van der Waals surface area contributed by atoms with Crippen molar-refractivity contribution in [3.05, 3.63) is 29.3 Å². The zero-order valence-electron chi connectivity index (χ0n) is 13.2. The van der Waals surface area contributed by atoms with Crippen molar-refractivity contribution in [1.29, 1.82) is 0 Å². The quantitative estimate of drug-likeness (QED) is 0.771. The van der Waals surface area contributed by atoms with E-state index in [1.807, 2.05) is 5.51 Å². The van der Waals surface area contributed by atoms with Crippen LogP contribution in [0.2, 0.25) is 0 Å². The van der Waals surface area contributed by atoms with Crippen molar-refractivity contribution < 1.29 is 0 Å².